The summed E-state index contributed by atoms with van der Waals surface area (Å²) < 4.78 is 11.7. The predicted molar refractivity (Wildman–Crippen MR) is 88.0 cm³/mol. The zero-order valence-corrected chi connectivity index (χ0v) is 13.0. The fourth-order valence-electron chi connectivity index (χ4n) is 2.91. The molecule has 1 saturated heterocycles. The highest BCUT2D eigenvalue weighted by Crippen LogP contribution is 2.31. The van der Waals surface area contributed by atoms with Gasteiger partial charge < -0.3 is 14.8 Å². The lowest BCUT2D eigenvalue weighted by molar-refractivity contribution is 0.0533. The summed E-state index contributed by atoms with van der Waals surface area (Å²) in [5, 5.41) is 2.93. The molecule has 3 heterocycles. The Morgan fingerprint density at radius 1 is 1.14 bits per heavy atom. The maximum Gasteiger partial charge on any atom is 0.161 e. The van der Waals surface area contributed by atoms with Crippen molar-refractivity contribution in [3.63, 3.8) is 0 Å². The van der Waals surface area contributed by atoms with E-state index in [4.69, 9.17) is 9.47 Å². The maximum absolute atomic E-state index is 5.97. The standard InChI is InChI=1S/C14H19NO2.C3H6N2/c1-4-8-15(9-5-1)10-12-11-16-13-6-2-3-7-14(13)17-12;1-2-5-3-4-1/h2-3,6-7,12H,1,4-5,8-11H2;3H,1-2H2,(H,4,5). The molecule has 3 aliphatic rings. The minimum Gasteiger partial charge on any atom is -0.486 e. The second-order valence-corrected chi connectivity index (χ2v) is 5.85. The number of hydrogen-bond donors (Lipinski definition) is 1. The Kier molecular flexibility index (Phi) is 5.54. The van der Waals surface area contributed by atoms with E-state index in [1.807, 2.05) is 24.3 Å². The summed E-state index contributed by atoms with van der Waals surface area (Å²) >= 11 is 0. The summed E-state index contributed by atoms with van der Waals surface area (Å²) in [7, 11) is 0. The summed E-state index contributed by atoms with van der Waals surface area (Å²) in [6.07, 6.45) is 5.94. The second kappa shape index (κ2) is 8.03. The van der Waals surface area contributed by atoms with Crippen molar-refractivity contribution in [1.29, 1.82) is 0 Å². The normalized spacial score (nSPS) is 23.4. The fraction of sp³-hybridized carbons (Fsp3) is 0.588. The Morgan fingerprint density at radius 3 is 2.64 bits per heavy atom. The average molecular weight is 303 g/mol. The molecule has 1 atom stereocenters. The molecule has 120 valence electrons. The van der Waals surface area contributed by atoms with Crippen LogP contribution in [-0.2, 0) is 0 Å². The lowest BCUT2D eigenvalue weighted by atomic mass is 10.1. The molecule has 1 aromatic rings. The van der Waals surface area contributed by atoms with Crippen LogP contribution in [0.1, 0.15) is 19.3 Å². The number of likely N-dealkylation sites (tertiary alicyclic amines) is 1. The second-order valence-electron chi connectivity index (χ2n) is 5.85. The van der Waals surface area contributed by atoms with Crippen molar-refractivity contribution in [1.82, 2.24) is 10.2 Å². The number of hydrogen-bond acceptors (Lipinski definition) is 5. The van der Waals surface area contributed by atoms with Gasteiger partial charge in [0, 0.05) is 13.1 Å². The molecule has 0 aromatic heterocycles. The van der Waals surface area contributed by atoms with Crippen LogP contribution in [0.3, 0.4) is 0 Å². The van der Waals surface area contributed by atoms with Crippen LogP contribution in [0.5, 0.6) is 11.5 Å². The van der Waals surface area contributed by atoms with Gasteiger partial charge >= 0.3 is 0 Å². The number of rotatable bonds is 2. The van der Waals surface area contributed by atoms with Gasteiger partial charge in [0.1, 0.15) is 12.7 Å². The predicted octanol–water partition coefficient (Wildman–Crippen LogP) is 1.93. The smallest absolute Gasteiger partial charge is 0.161 e. The van der Waals surface area contributed by atoms with E-state index in [0.717, 1.165) is 31.1 Å². The third kappa shape index (κ3) is 4.37. The van der Waals surface area contributed by atoms with E-state index in [9.17, 15) is 0 Å². The van der Waals surface area contributed by atoms with Gasteiger partial charge in [0.05, 0.1) is 12.9 Å². The quantitative estimate of drug-likeness (QED) is 0.907. The van der Waals surface area contributed by atoms with Crippen LogP contribution >= 0.6 is 0 Å². The molecule has 0 saturated carbocycles. The van der Waals surface area contributed by atoms with Gasteiger partial charge in [-0.1, -0.05) is 18.6 Å². The third-order valence-electron chi connectivity index (χ3n) is 4.05. The number of aliphatic imine (C=N–C) groups is 1. The average Bonchev–Trinajstić information content (AvgIpc) is 3.15. The summed E-state index contributed by atoms with van der Waals surface area (Å²) in [5.74, 6) is 1.77. The molecule has 1 fully saturated rings. The zero-order chi connectivity index (χ0) is 15.0. The zero-order valence-electron chi connectivity index (χ0n) is 13.0. The molecule has 3 aliphatic heterocycles. The van der Waals surface area contributed by atoms with E-state index in [1.165, 1.54) is 32.4 Å². The van der Waals surface area contributed by atoms with E-state index in [2.05, 4.69) is 15.2 Å². The van der Waals surface area contributed by atoms with Crippen molar-refractivity contribution in [3.8, 4) is 11.5 Å². The number of nitrogens with one attached hydrogen (secondary N) is 1. The molecule has 5 heteroatoms. The van der Waals surface area contributed by atoms with Crippen LogP contribution in [0.15, 0.2) is 29.3 Å². The Bertz CT molecular complexity index is 481. The highest BCUT2D eigenvalue weighted by molar-refractivity contribution is 5.56. The van der Waals surface area contributed by atoms with E-state index < -0.39 is 0 Å². The van der Waals surface area contributed by atoms with Gasteiger partial charge in [0.25, 0.3) is 0 Å². The maximum atomic E-state index is 5.97. The molecule has 0 bridgehead atoms. The number of ether oxygens (including phenoxy) is 2. The van der Waals surface area contributed by atoms with E-state index in [0.29, 0.717) is 6.61 Å². The first-order valence-corrected chi connectivity index (χ1v) is 8.24. The Labute approximate surface area is 132 Å². The van der Waals surface area contributed by atoms with Crippen LogP contribution in [0.4, 0.5) is 0 Å². The fourth-order valence-corrected chi connectivity index (χ4v) is 2.91. The van der Waals surface area contributed by atoms with Gasteiger partial charge in [-0.3, -0.25) is 9.89 Å². The van der Waals surface area contributed by atoms with Gasteiger partial charge in [0.15, 0.2) is 11.5 Å². The van der Waals surface area contributed by atoms with E-state index in [1.54, 1.807) is 6.34 Å². The summed E-state index contributed by atoms with van der Waals surface area (Å²) in [6.45, 7) is 6.07. The van der Waals surface area contributed by atoms with Crippen LogP contribution in [-0.4, -0.2) is 56.7 Å². The number of nitrogens with zero attached hydrogens (tertiary/aromatic N) is 2. The lowest BCUT2D eigenvalue weighted by Gasteiger charge is -2.33. The van der Waals surface area contributed by atoms with Gasteiger partial charge in [-0.2, -0.15) is 0 Å². The van der Waals surface area contributed by atoms with Gasteiger partial charge in [-0.05, 0) is 38.1 Å². The molecule has 4 rings (SSSR count). The van der Waals surface area contributed by atoms with Crippen molar-refractivity contribution >= 4 is 6.34 Å². The van der Waals surface area contributed by atoms with E-state index >= 15 is 0 Å². The van der Waals surface area contributed by atoms with E-state index in [-0.39, 0.29) is 6.10 Å². The topological polar surface area (TPSA) is 46.1 Å². The molecule has 0 spiro atoms. The molecule has 1 unspecified atom stereocenters. The highest BCUT2D eigenvalue weighted by atomic mass is 16.6. The number of para-hydroxylation sites is 2. The van der Waals surface area contributed by atoms with Crippen molar-refractivity contribution < 1.29 is 9.47 Å². The minimum absolute atomic E-state index is 0.183. The first kappa shape index (κ1) is 15.2. The Morgan fingerprint density at radius 2 is 1.95 bits per heavy atom. The molecule has 0 aliphatic carbocycles. The Hall–Kier alpha value is -1.75. The minimum atomic E-state index is 0.183. The molecular formula is C17H25N3O2. The van der Waals surface area contributed by atoms with Crippen LogP contribution in [0.25, 0.3) is 0 Å². The highest BCUT2D eigenvalue weighted by Gasteiger charge is 2.23. The Balaban J connectivity index is 0.000000246. The molecule has 1 aromatic carbocycles. The largest absolute Gasteiger partial charge is 0.486 e. The molecule has 0 amide bonds. The third-order valence-corrected chi connectivity index (χ3v) is 4.05. The van der Waals surface area contributed by atoms with Gasteiger partial charge in [-0.25, -0.2) is 0 Å². The van der Waals surface area contributed by atoms with Crippen molar-refractivity contribution in [3.05, 3.63) is 24.3 Å². The van der Waals surface area contributed by atoms with Crippen molar-refractivity contribution in [2.75, 3.05) is 39.3 Å². The summed E-state index contributed by atoms with van der Waals surface area (Å²) in [6, 6.07) is 7.92. The first-order valence-electron chi connectivity index (χ1n) is 8.24. The molecule has 5 nitrogen and oxygen atoms in total. The SMILES string of the molecule is C1=NCCN1.c1ccc2c(c1)OCC(CN1CCCCC1)O2. The van der Waals surface area contributed by atoms with Crippen molar-refractivity contribution in [2.45, 2.75) is 25.4 Å². The first-order chi connectivity index (χ1) is 10.9. The van der Waals surface area contributed by atoms with Crippen LogP contribution in [0.2, 0.25) is 0 Å². The molecule has 1 N–H and O–H groups in total. The summed E-state index contributed by atoms with van der Waals surface area (Å²) in [4.78, 5) is 6.34. The summed E-state index contributed by atoms with van der Waals surface area (Å²) in [5.41, 5.74) is 0. The molecular weight excluding hydrogens is 278 g/mol. The lowest BCUT2D eigenvalue weighted by Crippen LogP contribution is -2.42. The van der Waals surface area contributed by atoms with Gasteiger partial charge in [0.2, 0.25) is 0 Å². The number of benzene rings is 1. The van der Waals surface area contributed by atoms with Crippen LogP contribution < -0.4 is 14.8 Å². The number of piperidine rings is 1. The van der Waals surface area contributed by atoms with Crippen molar-refractivity contribution in [2.24, 2.45) is 4.99 Å². The van der Waals surface area contributed by atoms with Gasteiger partial charge in [-0.15, -0.1) is 0 Å². The molecule has 0 radical (unpaired) electrons. The monoisotopic (exact) mass is 303 g/mol. The number of fused-ring (bicyclic) bond motifs is 1. The van der Waals surface area contributed by atoms with Crippen LogP contribution in [0, 0.1) is 0 Å². The molecule has 22 heavy (non-hydrogen) atoms.